The molecule has 128 valence electrons. The number of amides is 1. The quantitative estimate of drug-likeness (QED) is 0.765. The van der Waals surface area contributed by atoms with Crippen LogP contribution in [-0.4, -0.2) is 16.6 Å². The highest BCUT2D eigenvalue weighted by Crippen LogP contribution is 2.29. The average molecular weight is 375 g/mol. The Morgan fingerprint density at radius 3 is 2.71 bits per heavy atom. The summed E-state index contributed by atoms with van der Waals surface area (Å²) in [6.45, 7) is 2.15. The van der Waals surface area contributed by atoms with Crippen LogP contribution in [0.4, 0.5) is 13.2 Å². The van der Waals surface area contributed by atoms with Crippen LogP contribution in [0.2, 0.25) is 5.02 Å². The van der Waals surface area contributed by atoms with Gasteiger partial charge in [-0.05, 0) is 41.6 Å². The van der Waals surface area contributed by atoms with Crippen LogP contribution in [0.1, 0.15) is 28.5 Å². The van der Waals surface area contributed by atoms with E-state index >= 15 is 0 Å². The van der Waals surface area contributed by atoms with Gasteiger partial charge in [0.25, 0.3) is 5.91 Å². The smallest absolute Gasteiger partial charge is 0.347 e. The maximum atomic E-state index is 12.7. The number of halogens is 4. The van der Waals surface area contributed by atoms with Gasteiger partial charge in [-0.15, -0.1) is 11.8 Å². The van der Waals surface area contributed by atoms with E-state index in [0.717, 1.165) is 34.5 Å². The molecule has 0 saturated heterocycles. The van der Waals surface area contributed by atoms with Crippen LogP contribution in [0.3, 0.4) is 0 Å². The zero-order valence-corrected chi connectivity index (χ0v) is 14.2. The van der Waals surface area contributed by atoms with Crippen LogP contribution in [0.15, 0.2) is 41.4 Å². The molecule has 1 amide bonds. The van der Waals surface area contributed by atoms with Gasteiger partial charge in [0.2, 0.25) is 0 Å². The van der Waals surface area contributed by atoms with Crippen molar-refractivity contribution < 1.29 is 18.0 Å². The van der Waals surface area contributed by atoms with Gasteiger partial charge in [0.1, 0.15) is 5.69 Å². The molecular weight excluding hydrogens is 361 g/mol. The molecule has 0 unspecified atom stereocenters. The number of pyridine rings is 1. The van der Waals surface area contributed by atoms with E-state index in [0.29, 0.717) is 5.02 Å². The second-order valence-corrected chi connectivity index (χ2v) is 6.54. The van der Waals surface area contributed by atoms with Crippen LogP contribution < -0.4 is 5.32 Å². The Morgan fingerprint density at radius 2 is 2.04 bits per heavy atom. The predicted molar refractivity (Wildman–Crippen MR) is 88.3 cm³/mol. The third-order valence-corrected chi connectivity index (χ3v) is 4.31. The van der Waals surface area contributed by atoms with Crippen LogP contribution in [0, 0.1) is 0 Å². The minimum atomic E-state index is -4.52. The molecule has 0 aliphatic rings. The van der Waals surface area contributed by atoms with E-state index in [1.807, 2.05) is 13.0 Å². The Balaban J connectivity index is 2.13. The van der Waals surface area contributed by atoms with Gasteiger partial charge in [0, 0.05) is 22.7 Å². The molecule has 0 saturated carbocycles. The van der Waals surface area contributed by atoms with E-state index in [2.05, 4.69) is 10.3 Å². The Kier molecular flexibility index (Phi) is 6.12. The topological polar surface area (TPSA) is 42.0 Å². The monoisotopic (exact) mass is 374 g/mol. The summed E-state index contributed by atoms with van der Waals surface area (Å²) in [4.78, 5) is 16.7. The second-order valence-electron chi connectivity index (χ2n) is 4.80. The summed E-state index contributed by atoms with van der Waals surface area (Å²) in [5.74, 6) is 0.172. The van der Waals surface area contributed by atoms with Gasteiger partial charge in [0.05, 0.1) is 5.56 Å². The van der Waals surface area contributed by atoms with Gasteiger partial charge in [0.15, 0.2) is 0 Å². The number of aromatic nitrogens is 1. The van der Waals surface area contributed by atoms with Gasteiger partial charge < -0.3 is 5.32 Å². The maximum Gasteiger partial charge on any atom is 0.416 e. The lowest BCUT2D eigenvalue weighted by atomic mass is 10.2. The van der Waals surface area contributed by atoms with Crippen LogP contribution in [0.5, 0.6) is 0 Å². The number of thioether (sulfide) groups is 1. The van der Waals surface area contributed by atoms with E-state index in [1.165, 1.54) is 0 Å². The number of hydrogen-bond acceptors (Lipinski definition) is 3. The number of carbonyl (C=O) groups excluding carboxylic acids is 1. The van der Waals surface area contributed by atoms with Crippen molar-refractivity contribution in [2.24, 2.45) is 0 Å². The molecule has 0 aliphatic heterocycles. The van der Waals surface area contributed by atoms with Gasteiger partial charge in [-0.2, -0.15) is 13.2 Å². The number of rotatable bonds is 5. The summed E-state index contributed by atoms with van der Waals surface area (Å²) in [7, 11) is 0. The standard InChI is InChI=1S/C16H14ClF3N2OS/c1-2-24-14-4-3-12(17)7-10(14)9-22-15(23)13-8-11(5-6-21-13)16(18,19)20/h3-8H,2,9H2,1H3,(H,22,23). The minimum Gasteiger partial charge on any atom is -0.347 e. The van der Waals surface area contributed by atoms with E-state index in [4.69, 9.17) is 11.6 Å². The average Bonchev–Trinajstić information content (AvgIpc) is 2.54. The largest absolute Gasteiger partial charge is 0.416 e. The normalized spacial score (nSPS) is 11.4. The molecule has 3 nitrogen and oxygen atoms in total. The molecule has 1 heterocycles. The molecule has 1 aromatic carbocycles. The molecule has 1 aromatic heterocycles. The first-order chi connectivity index (χ1) is 11.3. The molecule has 1 N–H and O–H groups in total. The summed E-state index contributed by atoms with van der Waals surface area (Å²) < 4.78 is 38.1. The lowest BCUT2D eigenvalue weighted by Gasteiger charge is -2.11. The zero-order valence-electron chi connectivity index (χ0n) is 12.7. The summed E-state index contributed by atoms with van der Waals surface area (Å²) >= 11 is 7.55. The molecule has 24 heavy (non-hydrogen) atoms. The number of carbonyl (C=O) groups is 1. The molecule has 0 bridgehead atoms. The van der Waals surface area contributed by atoms with Crippen molar-refractivity contribution in [2.75, 3.05) is 5.75 Å². The molecule has 0 atom stereocenters. The van der Waals surface area contributed by atoms with Crippen LogP contribution >= 0.6 is 23.4 Å². The van der Waals surface area contributed by atoms with Crippen molar-refractivity contribution in [1.82, 2.24) is 10.3 Å². The van der Waals surface area contributed by atoms with Gasteiger partial charge >= 0.3 is 6.18 Å². The summed E-state index contributed by atoms with van der Waals surface area (Å²) in [6.07, 6.45) is -3.55. The van der Waals surface area contributed by atoms with Crippen molar-refractivity contribution >= 4 is 29.3 Å². The summed E-state index contributed by atoms with van der Waals surface area (Å²) in [6, 6.07) is 6.87. The first-order valence-corrected chi connectivity index (χ1v) is 8.40. The number of hydrogen-bond donors (Lipinski definition) is 1. The molecule has 2 rings (SSSR count). The van der Waals surface area contributed by atoms with Crippen LogP contribution in [0.25, 0.3) is 0 Å². The summed E-state index contributed by atoms with van der Waals surface area (Å²) in [5.41, 5.74) is -0.390. The van der Waals surface area contributed by atoms with Gasteiger partial charge in [-0.1, -0.05) is 18.5 Å². The molecule has 0 aliphatic carbocycles. The number of benzene rings is 1. The Hall–Kier alpha value is -1.73. The van der Waals surface area contributed by atoms with Crippen molar-refractivity contribution in [3.63, 3.8) is 0 Å². The van der Waals surface area contributed by atoms with Crippen LogP contribution in [-0.2, 0) is 12.7 Å². The number of nitrogens with one attached hydrogen (secondary N) is 1. The number of alkyl halides is 3. The highest BCUT2D eigenvalue weighted by molar-refractivity contribution is 7.99. The third-order valence-electron chi connectivity index (χ3n) is 3.08. The van der Waals surface area contributed by atoms with Crippen molar-refractivity contribution in [3.05, 3.63) is 58.4 Å². The van der Waals surface area contributed by atoms with E-state index in [-0.39, 0.29) is 12.2 Å². The van der Waals surface area contributed by atoms with Crippen molar-refractivity contribution in [2.45, 2.75) is 24.5 Å². The zero-order chi connectivity index (χ0) is 17.7. The highest BCUT2D eigenvalue weighted by atomic mass is 35.5. The first-order valence-electron chi connectivity index (χ1n) is 7.04. The highest BCUT2D eigenvalue weighted by Gasteiger charge is 2.31. The molecule has 8 heteroatoms. The Bertz CT molecular complexity index is 738. The lowest BCUT2D eigenvalue weighted by molar-refractivity contribution is -0.137. The fourth-order valence-electron chi connectivity index (χ4n) is 1.98. The second kappa shape index (κ2) is 7.90. The van der Waals surface area contributed by atoms with E-state index in [9.17, 15) is 18.0 Å². The Morgan fingerprint density at radius 1 is 1.29 bits per heavy atom. The summed E-state index contributed by atoms with van der Waals surface area (Å²) in [5, 5.41) is 3.10. The Labute approximate surface area is 146 Å². The third kappa shape index (κ3) is 4.88. The van der Waals surface area contributed by atoms with E-state index in [1.54, 1.807) is 23.9 Å². The van der Waals surface area contributed by atoms with E-state index < -0.39 is 17.6 Å². The molecule has 0 radical (unpaired) electrons. The van der Waals surface area contributed by atoms with Gasteiger partial charge in [-0.25, -0.2) is 0 Å². The van der Waals surface area contributed by atoms with Crippen molar-refractivity contribution in [1.29, 1.82) is 0 Å². The molecule has 0 fully saturated rings. The SMILES string of the molecule is CCSc1ccc(Cl)cc1CNC(=O)c1cc(C(F)(F)F)ccn1. The fourth-order valence-corrected chi connectivity index (χ4v) is 2.97. The molecule has 0 spiro atoms. The first kappa shape index (κ1) is 18.6. The number of nitrogens with zero attached hydrogens (tertiary/aromatic N) is 1. The fraction of sp³-hybridized carbons (Fsp3) is 0.250. The molecular formula is C16H14ClF3N2OS. The predicted octanol–water partition coefficient (Wildman–Crippen LogP) is 4.80. The molecule has 2 aromatic rings. The van der Waals surface area contributed by atoms with Crippen molar-refractivity contribution in [3.8, 4) is 0 Å². The minimum absolute atomic E-state index is 0.152. The lowest BCUT2D eigenvalue weighted by Crippen LogP contribution is -2.24. The van der Waals surface area contributed by atoms with Gasteiger partial charge in [-0.3, -0.25) is 9.78 Å². The maximum absolute atomic E-state index is 12.7.